The van der Waals surface area contributed by atoms with Gasteiger partial charge in [-0.2, -0.15) is 12.8 Å². The maximum atomic E-state index is 6.35. The van der Waals surface area contributed by atoms with Gasteiger partial charge in [0.05, 0.1) is 11.1 Å². The normalized spacial score (nSPS) is 17.8. The molecule has 1 aromatic carbocycles. The first-order valence-electron chi connectivity index (χ1n) is 12.1. The van der Waals surface area contributed by atoms with E-state index in [4.69, 9.17) is 15.2 Å². The minimum Gasteiger partial charge on any atom is -0.490 e. The Labute approximate surface area is 234 Å². The number of hydrogen-bond acceptors (Lipinski definition) is 6. The van der Waals surface area contributed by atoms with E-state index in [-0.39, 0.29) is 37.2 Å². The van der Waals surface area contributed by atoms with Gasteiger partial charge in [0, 0.05) is 44.6 Å². The molecular formula is C27H41N3O2SU. The van der Waals surface area contributed by atoms with E-state index in [9.17, 15) is 0 Å². The monoisotopic (exact) mass is 709 g/mol. The summed E-state index contributed by atoms with van der Waals surface area (Å²) >= 11 is 1.62. The topological polar surface area (TPSA) is 51.0 Å². The fourth-order valence-electron chi connectivity index (χ4n) is 4.07. The summed E-state index contributed by atoms with van der Waals surface area (Å²) in [6, 6.07) is 8.38. The molecule has 1 fully saturated rings. The standard InChI is InChI=1S/C27H41N3O2S.U/c1-6-20(7-2)12-15-31-24-16-25(17-24)32-23-10-8-21(9-11-23)26-22(19-33-27(26)28)18-30(5)14-13-29(3)4;/h8-11,19-20,24-25H,1-2,6-7,12-18,28H2,3-5H3;/q-2;+2. The van der Waals surface area contributed by atoms with Gasteiger partial charge in [-0.3, -0.25) is 0 Å². The van der Waals surface area contributed by atoms with Crippen LogP contribution in [0.4, 0.5) is 5.00 Å². The van der Waals surface area contributed by atoms with Crippen molar-refractivity contribution in [1.82, 2.24) is 9.80 Å². The predicted molar refractivity (Wildman–Crippen MR) is 141 cm³/mol. The van der Waals surface area contributed by atoms with Gasteiger partial charge in [-0.05, 0) is 56.2 Å². The predicted octanol–water partition coefficient (Wildman–Crippen LogP) is 5.37. The Kier molecular flexibility index (Phi) is 13.0. The molecule has 34 heavy (non-hydrogen) atoms. The van der Waals surface area contributed by atoms with Crippen LogP contribution in [0.1, 0.15) is 37.7 Å². The molecule has 1 heterocycles. The second kappa shape index (κ2) is 14.9. The van der Waals surface area contributed by atoms with Crippen molar-refractivity contribution in [3.05, 3.63) is 49.1 Å². The number of thiophene rings is 1. The number of rotatable bonds is 14. The third kappa shape index (κ3) is 8.84. The summed E-state index contributed by atoms with van der Waals surface area (Å²) in [5, 5.41) is 3.06. The first-order valence-corrected chi connectivity index (χ1v) is 12.9. The van der Waals surface area contributed by atoms with Gasteiger partial charge >= 0.3 is 31.1 Å². The fraction of sp³-hybridized carbons (Fsp3) is 0.556. The zero-order chi connectivity index (χ0) is 23.8. The first-order chi connectivity index (χ1) is 15.9. The number of hydrogen-bond donors (Lipinski definition) is 1. The van der Waals surface area contributed by atoms with E-state index in [0.29, 0.717) is 12.0 Å². The van der Waals surface area contributed by atoms with Crippen molar-refractivity contribution in [2.24, 2.45) is 5.92 Å². The number of benzene rings is 1. The smallest absolute Gasteiger partial charge is 0.490 e. The van der Waals surface area contributed by atoms with Gasteiger partial charge in [0.2, 0.25) is 0 Å². The van der Waals surface area contributed by atoms with Crippen LogP contribution in [0.15, 0.2) is 29.6 Å². The van der Waals surface area contributed by atoms with Crippen molar-refractivity contribution in [2.75, 3.05) is 46.6 Å². The van der Waals surface area contributed by atoms with Crippen molar-refractivity contribution < 1.29 is 40.6 Å². The number of nitrogens with zero attached hydrogens (tertiary/aromatic N) is 2. The molecule has 3 rings (SSSR count). The average molecular weight is 710 g/mol. The molecule has 0 aliphatic heterocycles. The molecule has 5 nitrogen and oxygen atoms in total. The van der Waals surface area contributed by atoms with Crippen LogP contribution in [-0.2, 0) is 11.3 Å². The number of anilines is 1. The quantitative estimate of drug-likeness (QED) is 0.268. The van der Waals surface area contributed by atoms with Gasteiger partial charge in [0.1, 0.15) is 11.9 Å². The Morgan fingerprint density at radius 1 is 1.06 bits per heavy atom. The number of ether oxygens (including phenoxy) is 2. The molecule has 2 N–H and O–H groups in total. The molecule has 1 aliphatic carbocycles. The van der Waals surface area contributed by atoms with E-state index in [1.807, 2.05) is 0 Å². The summed E-state index contributed by atoms with van der Waals surface area (Å²) in [5.41, 5.74) is 9.94. The summed E-state index contributed by atoms with van der Waals surface area (Å²) in [6.45, 7) is 11.7. The molecule has 2 aromatic rings. The van der Waals surface area contributed by atoms with Crippen molar-refractivity contribution in [1.29, 1.82) is 0 Å². The summed E-state index contributed by atoms with van der Waals surface area (Å²) in [5.74, 6) is 1.49. The Morgan fingerprint density at radius 2 is 1.74 bits per heavy atom. The number of nitrogen functional groups attached to an aromatic ring is 1. The molecule has 0 bridgehead atoms. The van der Waals surface area contributed by atoms with Crippen molar-refractivity contribution in [3.8, 4) is 16.9 Å². The Morgan fingerprint density at radius 3 is 2.35 bits per heavy atom. The zero-order valence-electron chi connectivity index (χ0n) is 21.1. The SMILES string of the molecule is [CH2-]CC(C[CH2-])CCOC1CC(Oc2ccc(-c3c(CN(C)CCN(C)C)csc3N)cc2)C1.[U+2]. The molecule has 0 amide bonds. The van der Waals surface area contributed by atoms with Gasteiger partial charge in [0.25, 0.3) is 0 Å². The summed E-state index contributed by atoms with van der Waals surface area (Å²) < 4.78 is 12.1. The summed E-state index contributed by atoms with van der Waals surface area (Å²) in [4.78, 5) is 4.55. The maximum absolute atomic E-state index is 6.35. The van der Waals surface area contributed by atoms with Crippen LogP contribution in [0.2, 0.25) is 0 Å². The molecule has 1 aromatic heterocycles. The van der Waals surface area contributed by atoms with E-state index in [1.165, 1.54) is 5.56 Å². The van der Waals surface area contributed by atoms with Gasteiger partial charge in [0.15, 0.2) is 0 Å². The van der Waals surface area contributed by atoms with E-state index in [1.54, 1.807) is 11.3 Å². The van der Waals surface area contributed by atoms with Crippen LogP contribution in [0.5, 0.6) is 5.75 Å². The molecule has 1 saturated carbocycles. The van der Waals surface area contributed by atoms with E-state index >= 15 is 0 Å². The van der Waals surface area contributed by atoms with E-state index in [0.717, 1.165) is 80.2 Å². The zero-order valence-corrected chi connectivity index (χ0v) is 26.1. The van der Waals surface area contributed by atoms with Crippen LogP contribution in [0.3, 0.4) is 0 Å². The number of likely N-dealkylation sites (N-methyl/N-ethyl adjacent to an activating group) is 2. The maximum Gasteiger partial charge on any atom is 2.00 e. The minimum absolute atomic E-state index is 0. The van der Waals surface area contributed by atoms with Gasteiger partial charge in [-0.1, -0.05) is 18.1 Å². The third-order valence-electron chi connectivity index (χ3n) is 6.46. The average Bonchev–Trinajstić information content (AvgIpc) is 3.13. The third-order valence-corrected chi connectivity index (χ3v) is 7.32. The molecular weight excluding hydrogens is 668 g/mol. The van der Waals surface area contributed by atoms with Gasteiger partial charge in [-0.15, -0.1) is 11.3 Å². The number of nitrogens with two attached hydrogens (primary N) is 1. The molecule has 0 spiro atoms. The van der Waals surface area contributed by atoms with Crippen molar-refractivity contribution in [2.45, 2.75) is 50.9 Å². The van der Waals surface area contributed by atoms with Crippen LogP contribution < -0.4 is 10.5 Å². The molecule has 7 heteroatoms. The van der Waals surface area contributed by atoms with Crippen molar-refractivity contribution >= 4 is 16.3 Å². The Balaban J connectivity index is 0.00000408. The molecule has 0 atom stereocenters. The molecule has 1 aliphatic rings. The van der Waals surface area contributed by atoms with Gasteiger partial charge in [-0.25, -0.2) is 0 Å². The molecule has 186 valence electrons. The Bertz CT molecular complexity index is 833. The molecule has 0 radical (unpaired) electrons. The van der Waals surface area contributed by atoms with E-state index < -0.39 is 0 Å². The summed E-state index contributed by atoms with van der Waals surface area (Å²) in [6.07, 6.45) is 5.40. The minimum atomic E-state index is 0. The van der Waals surface area contributed by atoms with Crippen LogP contribution in [0.25, 0.3) is 11.1 Å². The fourth-order valence-corrected chi connectivity index (χ4v) is 4.90. The largest absolute Gasteiger partial charge is 2.00 e. The second-order valence-corrected chi connectivity index (χ2v) is 10.4. The van der Waals surface area contributed by atoms with Crippen LogP contribution in [-0.4, -0.2) is 62.8 Å². The first kappa shape index (κ1) is 29.7. The molecule has 0 saturated heterocycles. The van der Waals surface area contributed by atoms with Crippen LogP contribution in [0, 0.1) is 50.9 Å². The molecule has 0 unspecified atom stereocenters. The van der Waals surface area contributed by atoms with Crippen LogP contribution >= 0.6 is 11.3 Å². The van der Waals surface area contributed by atoms with E-state index in [2.05, 4.69) is 74.4 Å². The summed E-state index contributed by atoms with van der Waals surface area (Å²) in [7, 11) is 6.37. The van der Waals surface area contributed by atoms with Crippen molar-refractivity contribution in [3.63, 3.8) is 0 Å². The second-order valence-electron chi connectivity index (χ2n) is 9.50. The van der Waals surface area contributed by atoms with Gasteiger partial charge < -0.3 is 38.9 Å². The Hall–Kier alpha value is -0.548.